The highest BCUT2D eigenvalue weighted by molar-refractivity contribution is 6.31. The third kappa shape index (κ3) is 5.84. The summed E-state index contributed by atoms with van der Waals surface area (Å²) in [4.78, 5) is 11.1. The lowest BCUT2D eigenvalue weighted by atomic mass is 10.1. The van der Waals surface area contributed by atoms with Crippen LogP contribution in [0.2, 0.25) is 5.02 Å². The smallest absolute Gasteiger partial charge is 0.191 e. The second-order valence-corrected chi connectivity index (χ2v) is 7.25. The van der Waals surface area contributed by atoms with Crippen molar-refractivity contribution < 1.29 is 4.74 Å². The van der Waals surface area contributed by atoms with E-state index in [0.717, 1.165) is 60.6 Å². The highest BCUT2D eigenvalue weighted by Crippen LogP contribution is 2.16. The van der Waals surface area contributed by atoms with E-state index in [0.29, 0.717) is 6.54 Å². The lowest BCUT2D eigenvalue weighted by Gasteiger charge is -2.32. The van der Waals surface area contributed by atoms with Gasteiger partial charge in [-0.05, 0) is 36.6 Å². The van der Waals surface area contributed by atoms with E-state index < -0.39 is 0 Å². The average Bonchev–Trinajstić information content (AvgIpc) is 2.72. The summed E-state index contributed by atoms with van der Waals surface area (Å²) in [5.74, 6) is 1.76. The van der Waals surface area contributed by atoms with Gasteiger partial charge in [0, 0.05) is 44.4 Å². The Labute approximate surface area is 172 Å². The molecule has 1 aliphatic heterocycles. The van der Waals surface area contributed by atoms with E-state index >= 15 is 0 Å². The fourth-order valence-corrected chi connectivity index (χ4v) is 3.39. The molecular weight excluding hydrogens is 374 g/mol. The third-order valence-electron chi connectivity index (χ3n) is 4.70. The molecule has 150 valence electrons. The Bertz CT molecular complexity index is 781. The molecule has 3 rings (SSSR count). The molecule has 1 unspecified atom stereocenters. The van der Waals surface area contributed by atoms with E-state index in [-0.39, 0.29) is 6.10 Å². The lowest BCUT2D eigenvalue weighted by Crippen LogP contribution is -2.41. The summed E-state index contributed by atoms with van der Waals surface area (Å²) < 4.78 is 5.59. The molecule has 0 aliphatic carbocycles. The molecule has 1 aliphatic rings. The zero-order valence-electron chi connectivity index (χ0n) is 16.5. The van der Waals surface area contributed by atoms with Crippen molar-refractivity contribution in [2.75, 3.05) is 38.2 Å². The van der Waals surface area contributed by atoms with Crippen molar-refractivity contribution in [3.05, 3.63) is 58.7 Å². The van der Waals surface area contributed by atoms with Gasteiger partial charge >= 0.3 is 0 Å². The summed E-state index contributed by atoms with van der Waals surface area (Å²) >= 11 is 6.20. The molecule has 6 nitrogen and oxygen atoms in total. The normalized spacial score (nSPS) is 17.5. The Morgan fingerprint density at radius 3 is 2.86 bits per heavy atom. The molecule has 1 saturated heterocycles. The van der Waals surface area contributed by atoms with Gasteiger partial charge in [-0.2, -0.15) is 0 Å². The lowest BCUT2D eigenvalue weighted by molar-refractivity contribution is 0.0529. The number of benzene rings is 1. The number of ether oxygens (including phenoxy) is 1. The van der Waals surface area contributed by atoms with Crippen LogP contribution in [0, 0.1) is 0 Å². The van der Waals surface area contributed by atoms with E-state index in [1.807, 2.05) is 30.5 Å². The number of nitrogens with zero attached hydrogens (tertiary/aromatic N) is 3. The van der Waals surface area contributed by atoms with E-state index in [1.165, 1.54) is 0 Å². The maximum atomic E-state index is 6.20. The third-order valence-corrected chi connectivity index (χ3v) is 5.07. The Hall–Kier alpha value is -2.31. The zero-order chi connectivity index (χ0) is 19.8. The molecule has 1 atom stereocenters. The first-order valence-electron chi connectivity index (χ1n) is 9.65. The van der Waals surface area contributed by atoms with Gasteiger partial charge in [-0.15, -0.1) is 0 Å². The van der Waals surface area contributed by atoms with Gasteiger partial charge in [0.25, 0.3) is 0 Å². The molecule has 0 spiro atoms. The zero-order valence-corrected chi connectivity index (χ0v) is 17.2. The Morgan fingerprint density at radius 1 is 1.29 bits per heavy atom. The van der Waals surface area contributed by atoms with Crippen LogP contribution in [0.15, 0.2) is 47.6 Å². The van der Waals surface area contributed by atoms with Crippen LogP contribution >= 0.6 is 11.6 Å². The minimum absolute atomic E-state index is 0.247. The number of hydrogen-bond donors (Lipinski definition) is 2. The number of aliphatic imine (C=N–C) groups is 1. The minimum Gasteiger partial charge on any atom is -0.375 e. The Balaban J connectivity index is 1.45. The van der Waals surface area contributed by atoms with Crippen LogP contribution < -0.4 is 15.5 Å². The fraction of sp³-hybridized carbons (Fsp3) is 0.429. The molecule has 0 saturated carbocycles. The van der Waals surface area contributed by atoms with Gasteiger partial charge in [0.1, 0.15) is 5.82 Å². The number of hydrogen-bond acceptors (Lipinski definition) is 4. The summed E-state index contributed by atoms with van der Waals surface area (Å²) in [6.45, 7) is 6.04. The SMILES string of the molecule is CN=C(NCCc1ccccc1Cl)NCc1ccc(N2CCOC(C)C2)nc1. The molecule has 1 aromatic carbocycles. The summed E-state index contributed by atoms with van der Waals surface area (Å²) in [6, 6.07) is 12.1. The molecular formula is C21H28ClN5O. The highest BCUT2D eigenvalue weighted by Gasteiger charge is 2.17. The first kappa shape index (κ1) is 20.4. The predicted octanol–water partition coefficient (Wildman–Crippen LogP) is 2.87. The number of rotatable bonds is 6. The molecule has 2 heterocycles. The number of halogens is 1. The van der Waals surface area contributed by atoms with Crippen molar-refractivity contribution in [1.82, 2.24) is 15.6 Å². The summed E-state index contributed by atoms with van der Waals surface area (Å²) in [7, 11) is 1.77. The van der Waals surface area contributed by atoms with Crippen LogP contribution in [0.5, 0.6) is 0 Å². The van der Waals surface area contributed by atoms with Crippen LogP contribution in [0.1, 0.15) is 18.1 Å². The summed E-state index contributed by atoms with van der Waals surface area (Å²) in [5.41, 5.74) is 2.24. The molecule has 7 heteroatoms. The van der Waals surface area contributed by atoms with E-state index in [9.17, 15) is 0 Å². The Kier molecular flexibility index (Phi) is 7.51. The predicted molar refractivity (Wildman–Crippen MR) is 115 cm³/mol. The molecule has 2 aromatic rings. The van der Waals surface area contributed by atoms with E-state index in [4.69, 9.17) is 16.3 Å². The number of anilines is 1. The molecule has 0 amide bonds. The van der Waals surface area contributed by atoms with E-state index in [1.54, 1.807) is 7.05 Å². The number of pyridine rings is 1. The highest BCUT2D eigenvalue weighted by atomic mass is 35.5. The number of guanidine groups is 1. The van der Waals surface area contributed by atoms with Crippen LogP contribution in [0.4, 0.5) is 5.82 Å². The maximum absolute atomic E-state index is 6.20. The van der Waals surface area contributed by atoms with Crippen molar-refractivity contribution in [2.24, 2.45) is 4.99 Å². The van der Waals surface area contributed by atoms with Crippen LogP contribution in [-0.4, -0.2) is 50.3 Å². The monoisotopic (exact) mass is 401 g/mol. The number of nitrogens with one attached hydrogen (secondary N) is 2. The quantitative estimate of drug-likeness (QED) is 0.575. The Morgan fingerprint density at radius 2 is 2.14 bits per heavy atom. The van der Waals surface area contributed by atoms with Gasteiger partial charge in [0.15, 0.2) is 5.96 Å². The average molecular weight is 402 g/mol. The first-order chi connectivity index (χ1) is 13.7. The van der Waals surface area contributed by atoms with Crippen LogP contribution in [0.25, 0.3) is 0 Å². The molecule has 1 fully saturated rings. The summed E-state index contributed by atoms with van der Waals surface area (Å²) in [6.07, 6.45) is 3.01. The van der Waals surface area contributed by atoms with Gasteiger partial charge in [0.05, 0.1) is 12.7 Å². The van der Waals surface area contributed by atoms with E-state index in [2.05, 4.69) is 44.6 Å². The van der Waals surface area contributed by atoms with Crippen LogP contribution in [0.3, 0.4) is 0 Å². The van der Waals surface area contributed by atoms with Crippen molar-refractivity contribution >= 4 is 23.4 Å². The minimum atomic E-state index is 0.247. The standard InChI is InChI=1S/C21H28ClN5O/c1-16-15-27(11-12-28-16)20-8-7-17(13-25-20)14-26-21(23-2)24-10-9-18-5-3-4-6-19(18)22/h3-8,13,16H,9-12,14-15H2,1-2H3,(H2,23,24,26). The van der Waals surface area contributed by atoms with Crippen molar-refractivity contribution in [2.45, 2.75) is 26.0 Å². The number of aromatic nitrogens is 1. The molecule has 1 aromatic heterocycles. The van der Waals surface area contributed by atoms with Gasteiger partial charge in [0.2, 0.25) is 0 Å². The number of morpholine rings is 1. The topological polar surface area (TPSA) is 61.8 Å². The maximum Gasteiger partial charge on any atom is 0.191 e. The van der Waals surface area contributed by atoms with Gasteiger partial charge in [-0.25, -0.2) is 4.98 Å². The molecule has 0 radical (unpaired) electrons. The summed E-state index contributed by atoms with van der Waals surface area (Å²) in [5, 5.41) is 7.45. The van der Waals surface area contributed by atoms with Crippen molar-refractivity contribution in [1.29, 1.82) is 0 Å². The van der Waals surface area contributed by atoms with Crippen LogP contribution in [-0.2, 0) is 17.7 Å². The second kappa shape index (κ2) is 10.3. The molecule has 0 bridgehead atoms. The first-order valence-corrected chi connectivity index (χ1v) is 10.0. The van der Waals surface area contributed by atoms with Gasteiger partial charge in [-0.1, -0.05) is 35.9 Å². The second-order valence-electron chi connectivity index (χ2n) is 6.85. The molecule has 2 N–H and O–H groups in total. The largest absolute Gasteiger partial charge is 0.375 e. The van der Waals surface area contributed by atoms with Gasteiger partial charge < -0.3 is 20.3 Å². The van der Waals surface area contributed by atoms with Crippen molar-refractivity contribution in [3.8, 4) is 0 Å². The fourth-order valence-electron chi connectivity index (χ4n) is 3.16. The van der Waals surface area contributed by atoms with Crippen molar-refractivity contribution in [3.63, 3.8) is 0 Å². The van der Waals surface area contributed by atoms with Gasteiger partial charge in [-0.3, -0.25) is 4.99 Å². The molecule has 28 heavy (non-hydrogen) atoms.